The number of hydrogen-bond acceptors (Lipinski definition) is 2. The van der Waals surface area contributed by atoms with Gasteiger partial charge in [-0.3, -0.25) is 4.79 Å². The zero-order valence-corrected chi connectivity index (χ0v) is 18.5. The summed E-state index contributed by atoms with van der Waals surface area (Å²) in [4.78, 5) is 12.2. The van der Waals surface area contributed by atoms with Crippen LogP contribution in [-0.4, -0.2) is 10.9 Å². The van der Waals surface area contributed by atoms with E-state index in [4.69, 9.17) is 11.6 Å². The monoisotopic (exact) mass is 388 g/mol. The third-order valence-electron chi connectivity index (χ3n) is 6.95. The van der Waals surface area contributed by atoms with Gasteiger partial charge >= 0.3 is 0 Å². The molecule has 0 aromatic heterocycles. The second-order valence-corrected chi connectivity index (χ2v) is 8.87. The highest BCUT2D eigenvalue weighted by Crippen LogP contribution is 2.44. The number of carbonyl (C=O) groups is 1. The van der Waals surface area contributed by atoms with E-state index >= 15 is 0 Å². The summed E-state index contributed by atoms with van der Waals surface area (Å²) in [5, 5.41) is 11.3. The van der Waals surface area contributed by atoms with Crippen molar-refractivity contribution in [3.05, 3.63) is 51.1 Å². The number of Topliss-reactive ketones (excluding diaryl/α,β-unsaturated/α-hetero) is 1. The SMILES string of the molecule is CC(/C=C/C1(C)C(C)CCC(=O)C1C)=C\Cc1c(C)c(Cl)c(C)c(C)c1O. The summed E-state index contributed by atoms with van der Waals surface area (Å²) in [6.07, 6.45) is 8.75. The number of phenolic OH excluding ortho intramolecular Hbond substituents is 1. The van der Waals surface area contributed by atoms with Gasteiger partial charge in [-0.2, -0.15) is 0 Å². The van der Waals surface area contributed by atoms with E-state index in [2.05, 4.69) is 45.9 Å². The Morgan fingerprint density at radius 3 is 2.48 bits per heavy atom. The molecule has 1 aromatic rings. The van der Waals surface area contributed by atoms with Crippen LogP contribution in [0.4, 0.5) is 0 Å². The first-order chi connectivity index (χ1) is 12.5. The summed E-state index contributed by atoms with van der Waals surface area (Å²) >= 11 is 6.42. The van der Waals surface area contributed by atoms with Gasteiger partial charge in [0.1, 0.15) is 11.5 Å². The van der Waals surface area contributed by atoms with Crippen LogP contribution in [0.1, 0.15) is 62.8 Å². The van der Waals surface area contributed by atoms with E-state index in [-0.39, 0.29) is 11.3 Å². The zero-order valence-electron chi connectivity index (χ0n) is 17.7. The maximum Gasteiger partial charge on any atom is 0.136 e. The highest BCUT2D eigenvalue weighted by molar-refractivity contribution is 6.32. The summed E-state index contributed by atoms with van der Waals surface area (Å²) in [5.41, 5.74) is 4.63. The van der Waals surface area contributed by atoms with Crippen molar-refractivity contribution in [1.29, 1.82) is 0 Å². The molecule has 0 radical (unpaired) electrons. The summed E-state index contributed by atoms with van der Waals surface area (Å²) in [7, 11) is 0. The molecule has 3 unspecified atom stereocenters. The predicted octanol–water partition coefficient (Wildman–Crippen LogP) is 6.66. The first kappa shape index (κ1) is 21.8. The molecule has 1 N–H and O–H groups in total. The molecule has 0 amide bonds. The van der Waals surface area contributed by atoms with Gasteiger partial charge in [-0.15, -0.1) is 0 Å². The van der Waals surface area contributed by atoms with E-state index in [0.717, 1.165) is 39.3 Å². The average molecular weight is 389 g/mol. The van der Waals surface area contributed by atoms with Gasteiger partial charge in [0.25, 0.3) is 0 Å². The molecule has 1 aromatic carbocycles. The lowest BCUT2D eigenvalue weighted by molar-refractivity contribution is -0.129. The van der Waals surface area contributed by atoms with Crippen molar-refractivity contribution < 1.29 is 9.90 Å². The third-order valence-corrected chi connectivity index (χ3v) is 7.52. The van der Waals surface area contributed by atoms with Crippen LogP contribution in [0.3, 0.4) is 0 Å². The lowest BCUT2D eigenvalue weighted by Gasteiger charge is -2.42. The van der Waals surface area contributed by atoms with Crippen molar-refractivity contribution in [2.75, 3.05) is 0 Å². The number of halogens is 1. The number of phenols is 1. The van der Waals surface area contributed by atoms with Gasteiger partial charge in [0.2, 0.25) is 0 Å². The molecule has 2 rings (SSSR count). The predicted molar refractivity (Wildman–Crippen MR) is 115 cm³/mol. The lowest BCUT2D eigenvalue weighted by atomic mass is 9.61. The van der Waals surface area contributed by atoms with Crippen molar-refractivity contribution in [2.24, 2.45) is 17.3 Å². The van der Waals surface area contributed by atoms with E-state index < -0.39 is 0 Å². The van der Waals surface area contributed by atoms with Crippen molar-refractivity contribution in [2.45, 2.75) is 67.7 Å². The normalized spacial score (nSPS) is 26.8. The number of allylic oxidation sites excluding steroid dienone is 4. The molecule has 1 saturated carbocycles. The molecule has 1 fully saturated rings. The Morgan fingerprint density at radius 1 is 1.22 bits per heavy atom. The number of benzene rings is 1. The highest BCUT2D eigenvalue weighted by Gasteiger charge is 2.41. The Bertz CT molecular complexity index is 774. The average Bonchev–Trinajstić information content (AvgIpc) is 2.64. The number of ketones is 1. The summed E-state index contributed by atoms with van der Waals surface area (Å²) in [5.74, 6) is 1.25. The second kappa shape index (κ2) is 8.22. The van der Waals surface area contributed by atoms with Gasteiger partial charge in [-0.05, 0) is 68.6 Å². The largest absolute Gasteiger partial charge is 0.507 e. The van der Waals surface area contributed by atoms with Crippen LogP contribution in [0.2, 0.25) is 5.02 Å². The molecule has 3 heteroatoms. The molecule has 0 spiro atoms. The lowest BCUT2D eigenvalue weighted by Crippen LogP contribution is -2.40. The number of rotatable bonds is 4. The van der Waals surface area contributed by atoms with E-state index in [1.165, 1.54) is 0 Å². The van der Waals surface area contributed by atoms with Crippen LogP contribution >= 0.6 is 11.6 Å². The fourth-order valence-electron chi connectivity index (χ4n) is 4.02. The van der Waals surface area contributed by atoms with Crippen LogP contribution in [0, 0.1) is 38.0 Å². The molecule has 0 heterocycles. The van der Waals surface area contributed by atoms with Gasteiger partial charge in [0.15, 0.2) is 0 Å². The molecule has 2 nitrogen and oxygen atoms in total. The molecule has 27 heavy (non-hydrogen) atoms. The Balaban J connectivity index is 2.25. The molecule has 1 aliphatic rings. The third kappa shape index (κ3) is 4.16. The Labute approximate surface area is 169 Å². The first-order valence-corrected chi connectivity index (χ1v) is 10.2. The van der Waals surface area contributed by atoms with Crippen LogP contribution in [0.25, 0.3) is 0 Å². The number of hydrogen-bond donors (Lipinski definition) is 1. The fourth-order valence-corrected chi connectivity index (χ4v) is 4.28. The number of carbonyl (C=O) groups excluding carboxylic acids is 1. The van der Waals surface area contributed by atoms with Gasteiger partial charge in [-0.1, -0.05) is 56.2 Å². The maximum absolute atomic E-state index is 12.2. The zero-order chi connectivity index (χ0) is 20.5. The van der Waals surface area contributed by atoms with Gasteiger partial charge < -0.3 is 5.11 Å². The van der Waals surface area contributed by atoms with Gasteiger partial charge in [0, 0.05) is 22.9 Å². The summed E-state index contributed by atoms with van der Waals surface area (Å²) < 4.78 is 0. The Hall–Kier alpha value is -1.54. The molecule has 1 aliphatic carbocycles. The Kier molecular flexibility index (Phi) is 6.63. The second-order valence-electron chi connectivity index (χ2n) is 8.50. The summed E-state index contributed by atoms with van der Waals surface area (Å²) in [6, 6.07) is 0. The first-order valence-electron chi connectivity index (χ1n) is 9.86. The number of aromatic hydroxyl groups is 1. The van der Waals surface area contributed by atoms with Crippen molar-refractivity contribution in [3.63, 3.8) is 0 Å². The fraction of sp³-hybridized carbons (Fsp3) is 0.542. The quantitative estimate of drug-likeness (QED) is 0.585. The van der Waals surface area contributed by atoms with Crippen LogP contribution in [0.5, 0.6) is 5.75 Å². The molecular formula is C24H33ClO2. The minimum absolute atomic E-state index is 0.0511. The highest BCUT2D eigenvalue weighted by atomic mass is 35.5. The molecule has 0 bridgehead atoms. The van der Waals surface area contributed by atoms with Crippen molar-refractivity contribution >= 4 is 17.4 Å². The summed E-state index contributed by atoms with van der Waals surface area (Å²) in [6.45, 7) is 14.4. The Morgan fingerprint density at radius 2 is 1.85 bits per heavy atom. The topological polar surface area (TPSA) is 37.3 Å². The van der Waals surface area contributed by atoms with Gasteiger partial charge in [-0.25, -0.2) is 0 Å². The molecule has 0 saturated heterocycles. The molecule has 3 atom stereocenters. The molecule has 148 valence electrons. The van der Waals surface area contributed by atoms with Crippen molar-refractivity contribution in [1.82, 2.24) is 0 Å². The molecule has 0 aliphatic heterocycles. The van der Waals surface area contributed by atoms with Gasteiger partial charge in [0.05, 0.1) is 0 Å². The van der Waals surface area contributed by atoms with E-state index in [0.29, 0.717) is 30.3 Å². The molecular weight excluding hydrogens is 356 g/mol. The smallest absolute Gasteiger partial charge is 0.136 e. The maximum atomic E-state index is 12.2. The minimum atomic E-state index is -0.105. The van der Waals surface area contributed by atoms with Crippen molar-refractivity contribution in [3.8, 4) is 5.75 Å². The van der Waals surface area contributed by atoms with E-state index in [9.17, 15) is 9.90 Å². The van der Waals surface area contributed by atoms with Crippen LogP contribution in [0.15, 0.2) is 23.8 Å². The standard InChI is InChI=1S/C24H33ClO2/c1-14(12-13-24(7)15(2)9-11-21(26)19(24)6)8-10-20-18(5)22(25)16(3)17(4)23(20)27/h8,12-13,15,19,27H,9-11H2,1-7H3/b13-12+,14-8+. The van der Waals surface area contributed by atoms with E-state index in [1.54, 1.807) is 0 Å². The van der Waals surface area contributed by atoms with E-state index in [1.807, 2.05) is 20.8 Å². The minimum Gasteiger partial charge on any atom is -0.507 e. The van der Waals surface area contributed by atoms with Crippen LogP contribution < -0.4 is 0 Å². The van der Waals surface area contributed by atoms with Crippen LogP contribution in [-0.2, 0) is 11.2 Å².